The number of aromatic nitrogens is 1. The van der Waals surface area contributed by atoms with Crippen LogP contribution in [0.5, 0.6) is 0 Å². The Morgan fingerprint density at radius 2 is 2.00 bits per heavy atom. The molecule has 1 aromatic heterocycles. The van der Waals surface area contributed by atoms with Gasteiger partial charge in [0.1, 0.15) is 5.01 Å². The number of aliphatic hydroxyl groups excluding tert-OH is 1. The summed E-state index contributed by atoms with van der Waals surface area (Å²) in [7, 11) is 2.03. The molecule has 0 bridgehead atoms. The molecule has 28 heavy (non-hydrogen) atoms. The zero-order valence-electron chi connectivity index (χ0n) is 16.9. The van der Waals surface area contributed by atoms with Gasteiger partial charge in [0.25, 0.3) is 0 Å². The summed E-state index contributed by atoms with van der Waals surface area (Å²) in [5.41, 5.74) is 3.38. The summed E-state index contributed by atoms with van der Waals surface area (Å²) in [5.74, 6) is 0.803. The maximum absolute atomic E-state index is 10.4. The van der Waals surface area contributed by atoms with E-state index < -0.39 is 6.10 Å². The Bertz CT molecular complexity index is 752. The molecule has 0 aliphatic heterocycles. The minimum absolute atomic E-state index is 0. The average molecular weight is 514 g/mol. The van der Waals surface area contributed by atoms with E-state index >= 15 is 0 Å². The minimum Gasteiger partial charge on any atom is -0.386 e. The second kappa shape index (κ2) is 11.1. The van der Waals surface area contributed by atoms with Crippen molar-refractivity contribution in [3.8, 4) is 0 Å². The van der Waals surface area contributed by atoms with E-state index in [0.29, 0.717) is 6.54 Å². The summed E-state index contributed by atoms with van der Waals surface area (Å²) in [6.45, 7) is 5.97. The SMILES string of the molecule is CCNC(=NCC(O)c1ccc(C)cc1)N(C)Cc1nc2c(s1)CCCC2.I. The van der Waals surface area contributed by atoms with Crippen molar-refractivity contribution in [2.75, 3.05) is 20.1 Å². The zero-order chi connectivity index (χ0) is 19.2. The Balaban J connectivity index is 0.00000280. The molecule has 1 aromatic carbocycles. The number of benzene rings is 1. The number of nitrogens with one attached hydrogen (secondary N) is 1. The van der Waals surface area contributed by atoms with E-state index in [9.17, 15) is 5.11 Å². The lowest BCUT2D eigenvalue weighted by Crippen LogP contribution is -2.38. The molecule has 1 heterocycles. The van der Waals surface area contributed by atoms with Crippen LogP contribution in [0.2, 0.25) is 0 Å². The molecule has 1 aliphatic rings. The quantitative estimate of drug-likeness (QED) is 0.347. The second-order valence-corrected chi connectivity index (χ2v) is 8.33. The summed E-state index contributed by atoms with van der Waals surface area (Å²) in [6.07, 6.45) is 4.23. The van der Waals surface area contributed by atoms with Crippen LogP contribution in [0.3, 0.4) is 0 Å². The molecule has 0 amide bonds. The largest absolute Gasteiger partial charge is 0.386 e. The lowest BCUT2D eigenvalue weighted by Gasteiger charge is -2.21. The normalized spacial score (nSPS) is 14.8. The number of hydrogen-bond acceptors (Lipinski definition) is 4. The molecule has 2 aromatic rings. The lowest BCUT2D eigenvalue weighted by molar-refractivity contribution is 0.186. The summed E-state index contributed by atoms with van der Waals surface area (Å²) < 4.78 is 0. The highest BCUT2D eigenvalue weighted by Gasteiger charge is 2.17. The predicted molar refractivity (Wildman–Crippen MR) is 128 cm³/mol. The summed E-state index contributed by atoms with van der Waals surface area (Å²) in [5, 5.41) is 14.9. The molecular weight excluding hydrogens is 483 g/mol. The van der Waals surface area contributed by atoms with E-state index in [4.69, 9.17) is 4.98 Å². The van der Waals surface area contributed by atoms with Crippen LogP contribution in [0.25, 0.3) is 0 Å². The van der Waals surface area contributed by atoms with Crippen molar-refractivity contribution in [3.63, 3.8) is 0 Å². The van der Waals surface area contributed by atoms with Gasteiger partial charge in [-0.05, 0) is 45.1 Å². The number of thiazole rings is 1. The van der Waals surface area contributed by atoms with E-state index in [1.807, 2.05) is 49.6 Å². The average Bonchev–Trinajstić information content (AvgIpc) is 3.07. The molecule has 5 nitrogen and oxygen atoms in total. The highest BCUT2D eigenvalue weighted by Crippen LogP contribution is 2.27. The molecular formula is C21H31IN4OS. The van der Waals surface area contributed by atoms with Crippen LogP contribution < -0.4 is 5.32 Å². The number of rotatable bonds is 6. The number of aliphatic hydroxyl groups is 1. The van der Waals surface area contributed by atoms with Gasteiger partial charge < -0.3 is 15.3 Å². The van der Waals surface area contributed by atoms with Crippen LogP contribution in [0.1, 0.15) is 52.6 Å². The molecule has 0 saturated heterocycles. The molecule has 1 atom stereocenters. The fraction of sp³-hybridized carbons (Fsp3) is 0.524. The highest BCUT2D eigenvalue weighted by molar-refractivity contribution is 14.0. The standard InChI is InChI=1S/C21H30N4OS.HI/c1-4-22-21(23-13-18(26)16-11-9-15(2)10-12-16)25(3)14-20-24-17-7-5-6-8-19(17)27-20;/h9-12,18,26H,4-8,13-14H2,1-3H3,(H,22,23);1H. The molecule has 0 spiro atoms. The monoisotopic (exact) mass is 514 g/mol. The van der Waals surface area contributed by atoms with Crippen molar-refractivity contribution < 1.29 is 5.11 Å². The number of hydrogen-bond donors (Lipinski definition) is 2. The van der Waals surface area contributed by atoms with Gasteiger partial charge in [-0.1, -0.05) is 29.8 Å². The molecule has 1 aliphatic carbocycles. The first-order chi connectivity index (χ1) is 13.1. The van der Waals surface area contributed by atoms with E-state index in [2.05, 4.69) is 22.1 Å². The van der Waals surface area contributed by atoms with Gasteiger partial charge in [0.2, 0.25) is 0 Å². The molecule has 2 N–H and O–H groups in total. The molecule has 7 heteroatoms. The minimum atomic E-state index is -0.597. The molecule has 3 rings (SSSR count). The van der Waals surface area contributed by atoms with Crippen LogP contribution in [0.15, 0.2) is 29.3 Å². The van der Waals surface area contributed by atoms with E-state index in [1.165, 1.54) is 35.4 Å². The van der Waals surface area contributed by atoms with Crippen LogP contribution in [0, 0.1) is 6.92 Å². The number of guanidine groups is 1. The maximum Gasteiger partial charge on any atom is 0.194 e. The van der Waals surface area contributed by atoms with Gasteiger partial charge >= 0.3 is 0 Å². The smallest absolute Gasteiger partial charge is 0.194 e. The number of nitrogens with zero attached hydrogens (tertiary/aromatic N) is 3. The Kier molecular flexibility index (Phi) is 9.17. The molecule has 154 valence electrons. The van der Waals surface area contributed by atoms with Gasteiger partial charge in [-0.3, -0.25) is 4.99 Å². The first kappa shape index (κ1) is 23.1. The van der Waals surface area contributed by atoms with Gasteiger partial charge in [0.05, 0.1) is 24.9 Å². The van der Waals surface area contributed by atoms with Crippen LogP contribution >= 0.6 is 35.3 Å². The first-order valence-corrected chi connectivity index (χ1v) is 10.6. The van der Waals surface area contributed by atoms with Crippen LogP contribution in [0.4, 0.5) is 0 Å². The fourth-order valence-corrected chi connectivity index (χ4v) is 4.50. The van der Waals surface area contributed by atoms with E-state index in [0.717, 1.165) is 36.0 Å². The van der Waals surface area contributed by atoms with E-state index in [-0.39, 0.29) is 24.0 Å². The number of fused-ring (bicyclic) bond motifs is 1. The second-order valence-electron chi connectivity index (χ2n) is 7.16. The van der Waals surface area contributed by atoms with Crippen molar-refractivity contribution in [1.29, 1.82) is 0 Å². The van der Waals surface area contributed by atoms with Crippen molar-refractivity contribution >= 4 is 41.3 Å². The van der Waals surface area contributed by atoms with Gasteiger partial charge in [0, 0.05) is 18.5 Å². The first-order valence-electron chi connectivity index (χ1n) is 9.78. The Morgan fingerprint density at radius 3 is 2.68 bits per heavy atom. The topological polar surface area (TPSA) is 60.8 Å². The number of halogens is 1. The van der Waals surface area contributed by atoms with Crippen molar-refractivity contribution in [3.05, 3.63) is 51.0 Å². The molecule has 0 radical (unpaired) electrons. The number of aryl methyl sites for hydroxylation is 3. The van der Waals surface area contributed by atoms with Crippen molar-refractivity contribution in [2.45, 2.75) is 52.2 Å². The lowest BCUT2D eigenvalue weighted by atomic mass is 10.0. The van der Waals surface area contributed by atoms with Crippen LogP contribution in [-0.4, -0.2) is 41.1 Å². The third-order valence-corrected chi connectivity index (χ3v) is 5.98. The summed E-state index contributed by atoms with van der Waals surface area (Å²) in [6, 6.07) is 7.96. The van der Waals surface area contributed by atoms with Crippen molar-refractivity contribution in [1.82, 2.24) is 15.2 Å². The third kappa shape index (κ3) is 6.15. The molecule has 0 fully saturated rings. The fourth-order valence-electron chi connectivity index (χ4n) is 3.29. The molecule has 0 saturated carbocycles. The predicted octanol–water partition coefficient (Wildman–Crippen LogP) is 4.08. The van der Waals surface area contributed by atoms with Gasteiger partial charge in [-0.15, -0.1) is 35.3 Å². The highest BCUT2D eigenvalue weighted by atomic mass is 127. The van der Waals surface area contributed by atoms with Gasteiger partial charge in [-0.2, -0.15) is 0 Å². The Morgan fingerprint density at radius 1 is 1.29 bits per heavy atom. The van der Waals surface area contributed by atoms with Crippen molar-refractivity contribution in [2.24, 2.45) is 4.99 Å². The van der Waals surface area contributed by atoms with Gasteiger partial charge in [-0.25, -0.2) is 4.98 Å². The Hall–Kier alpha value is -1.19. The third-order valence-electron chi connectivity index (χ3n) is 4.83. The van der Waals surface area contributed by atoms with E-state index in [1.54, 1.807) is 0 Å². The molecule has 1 unspecified atom stereocenters. The Labute approximate surface area is 189 Å². The van der Waals surface area contributed by atoms with Gasteiger partial charge in [0.15, 0.2) is 5.96 Å². The van der Waals surface area contributed by atoms with Crippen LogP contribution in [-0.2, 0) is 19.4 Å². The zero-order valence-corrected chi connectivity index (χ0v) is 20.1. The summed E-state index contributed by atoms with van der Waals surface area (Å²) >= 11 is 1.84. The number of aliphatic imine (C=N–C) groups is 1. The summed E-state index contributed by atoms with van der Waals surface area (Å²) in [4.78, 5) is 13.0. The maximum atomic E-state index is 10.4.